The summed E-state index contributed by atoms with van der Waals surface area (Å²) in [6.07, 6.45) is 0.627. The number of benzene rings is 1. The van der Waals surface area contributed by atoms with Gasteiger partial charge in [-0.05, 0) is 31.7 Å². The number of nitrogens with zero attached hydrogens (tertiary/aromatic N) is 3. The van der Waals surface area contributed by atoms with E-state index in [4.69, 9.17) is 10.00 Å². The monoisotopic (exact) mass is 339 g/mol. The Labute approximate surface area is 135 Å². The van der Waals surface area contributed by atoms with Gasteiger partial charge in [0.15, 0.2) is 0 Å². The second kappa shape index (κ2) is 6.17. The summed E-state index contributed by atoms with van der Waals surface area (Å²) < 4.78 is 46.5. The summed E-state index contributed by atoms with van der Waals surface area (Å²) in [6.45, 7) is 1.99. The van der Waals surface area contributed by atoms with Crippen molar-refractivity contribution in [3.8, 4) is 6.07 Å². The summed E-state index contributed by atoms with van der Waals surface area (Å²) in [5.41, 5.74) is -0.169. The van der Waals surface area contributed by atoms with E-state index in [1.807, 2.05) is 7.05 Å². The van der Waals surface area contributed by atoms with E-state index in [1.165, 1.54) is 10.4 Å². The molecule has 0 aromatic heterocycles. The first kappa shape index (κ1) is 16.3. The van der Waals surface area contributed by atoms with Crippen LogP contribution in [-0.4, -0.2) is 63.1 Å². The number of hydrogen-bond donors (Lipinski definition) is 0. The lowest BCUT2D eigenvalue weighted by atomic mass is 10.0. The van der Waals surface area contributed by atoms with Crippen LogP contribution in [0.15, 0.2) is 23.1 Å². The number of sulfonamides is 1. The maximum Gasteiger partial charge on any atom is 0.244 e. The van der Waals surface area contributed by atoms with E-state index >= 15 is 0 Å². The van der Waals surface area contributed by atoms with Crippen LogP contribution in [-0.2, 0) is 14.8 Å². The third kappa shape index (κ3) is 2.97. The minimum Gasteiger partial charge on any atom is -0.375 e. The molecule has 2 heterocycles. The number of piperidine rings is 1. The van der Waals surface area contributed by atoms with Gasteiger partial charge in [0.1, 0.15) is 16.8 Å². The fraction of sp³-hybridized carbons (Fsp3) is 0.533. The number of ether oxygens (including phenoxy) is 1. The average Bonchev–Trinajstić information content (AvgIpc) is 2.53. The molecule has 1 aromatic carbocycles. The fourth-order valence-electron chi connectivity index (χ4n) is 3.24. The fourth-order valence-corrected chi connectivity index (χ4v) is 4.99. The number of fused-ring (bicyclic) bond motifs is 1. The molecule has 3 rings (SSSR count). The first-order valence-electron chi connectivity index (χ1n) is 7.45. The normalized spacial score (nSPS) is 26.5. The van der Waals surface area contributed by atoms with Crippen LogP contribution < -0.4 is 0 Å². The molecule has 0 N–H and O–H groups in total. The van der Waals surface area contributed by atoms with Crippen molar-refractivity contribution >= 4 is 10.0 Å². The molecule has 2 atom stereocenters. The maximum absolute atomic E-state index is 13.3. The lowest BCUT2D eigenvalue weighted by Gasteiger charge is -2.45. The Morgan fingerprint density at radius 2 is 2.17 bits per heavy atom. The van der Waals surface area contributed by atoms with Gasteiger partial charge in [-0.3, -0.25) is 0 Å². The number of likely N-dealkylation sites (tertiary alicyclic amines) is 1. The topological polar surface area (TPSA) is 73.6 Å². The lowest BCUT2D eigenvalue weighted by molar-refractivity contribution is -0.0719. The van der Waals surface area contributed by atoms with E-state index in [2.05, 4.69) is 4.90 Å². The number of halogens is 1. The van der Waals surface area contributed by atoms with Gasteiger partial charge in [-0.1, -0.05) is 0 Å². The van der Waals surface area contributed by atoms with Gasteiger partial charge in [0.2, 0.25) is 10.0 Å². The summed E-state index contributed by atoms with van der Waals surface area (Å²) in [4.78, 5) is 1.92. The molecule has 124 valence electrons. The maximum atomic E-state index is 13.3. The molecule has 2 aliphatic rings. The van der Waals surface area contributed by atoms with Crippen molar-refractivity contribution in [3.63, 3.8) is 0 Å². The molecule has 0 amide bonds. The molecule has 8 heteroatoms. The van der Waals surface area contributed by atoms with E-state index in [0.717, 1.165) is 25.1 Å². The summed E-state index contributed by atoms with van der Waals surface area (Å²) in [6, 6.07) is 4.68. The summed E-state index contributed by atoms with van der Waals surface area (Å²) >= 11 is 0. The molecular formula is C15H18FN3O3S. The highest BCUT2D eigenvalue weighted by Gasteiger charge is 2.42. The highest BCUT2D eigenvalue weighted by atomic mass is 32.2. The molecule has 2 saturated heterocycles. The van der Waals surface area contributed by atoms with Gasteiger partial charge in [0.05, 0.1) is 24.3 Å². The smallest absolute Gasteiger partial charge is 0.244 e. The molecule has 0 saturated carbocycles. The number of rotatable bonds is 2. The van der Waals surface area contributed by atoms with Gasteiger partial charge in [-0.2, -0.15) is 9.57 Å². The van der Waals surface area contributed by atoms with Crippen LogP contribution >= 0.6 is 0 Å². The lowest BCUT2D eigenvalue weighted by Crippen LogP contribution is -2.60. The van der Waals surface area contributed by atoms with Gasteiger partial charge < -0.3 is 9.64 Å². The average molecular weight is 339 g/mol. The van der Waals surface area contributed by atoms with Crippen LogP contribution in [0.5, 0.6) is 0 Å². The molecule has 2 aliphatic heterocycles. The molecule has 0 bridgehead atoms. The van der Waals surface area contributed by atoms with E-state index in [1.54, 1.807) is 6.07 Å². The van der Waals surface area contributed by atoms with Gasteiger partial charge in [0, 0.05) is 19.6 Å². The van der Waals surface area contributed by atoms with Crippen LogP contribution in [0.25, 0.3) is 0 Å². The quantitative estimate of drug-likeness (QED) is 0.796. The molecular weight excluding hydrogens is 321 g/mol. The predicted octanol–water partition coefficient (Wildman–Crippen LogP) is 0.791. The van der Waals surface area contributed by atoms with Crippen LogP contribution in [0.3, 0.4) is 0 Å². The van der Waals surface area contributed by atoms with Crippen molar-refractivity contribution in [1.82, 2.24) is 9.21 Å². The molecule has 6 nitrogen and oxygen atoms in total. The van der Waals surface area contributed by atoms with Crippen molar-refractivity contribution in [1.29, 1.82) is 5.26 Å². The van der Waals surface area contributed by atoms with Crippen molar-refractivity contribution in [2.24, 2.45) is 0 Å². The van der Waals surface area contributed by atoms with Gasteiger partial charge in [0.25, 0.3) is 0 Å². The number of morpholine rings is 1. The van der Waals surface area contributed by atoms with Gasteiger partial charge in [-0.15, -0.1) is 0 Å². The zero-order chi connectivity index (χ0) is 16.6. The molecule has 23 heavy (non-hydrogen) atoms. The highest BCUT2D eigenvalue weighted by molar-refractivity contribution is 7.89. The number of nitriles is 1. The van der Waals surface area contributed by atoms with Crippen molar-refractivity contribution < 1.29 is 17.5 Å². The van der Waals surface area contributed by atoms with Crippen LogP contribution in [0, 0.1) is 17.1 Å². The van der Waals surface area contributed by atoms with Crippen LogP contribution in [0.1, 0.15) is 12.0 Å². The third-order valence-electron chi connectivity index (χ3n) is 4.39. The van der Waals surface area contributed by atoms with Crippen molar-refractivity contribution in [3.05, 3.63) is 29.6 Å². The SMILES string of the molecule is CN1CC[C@@H]2OCCN(S(=O)(=O)c3ccc(F)cc3C#N)[C@@H]2C1. The summed E-state index contributed by atoms with van der Waals surface area (Å²) in [5.74, 6) is -0.627. The molecule has 2 fully saturated rings. The molecule has 0 unspecified atom stereocenters. The van der Waals surface area contributed by atoms with Crippen LogP contribution in [0.2, 0.25) is 0 Å². The Hall–Kier alpha value is -1.53. The first-order valence-corrected chi connectivity index (χ1v) is 8.89. The zero-order valence-corrected chi connectivity index (χ0v) is 13.6. The van der Waals surface area contributed by atoms with Crippen molar-refractivity contribution in [2.75, 3.05) is 33.3 Å². The predicted molar refractivity (Wildman–Crippen MR) is 80.6 cm³/mol. The molecule has 1 aromatic rings. The Balaban J connectivity index is 2.00. The summed E-state index contributed by atoms with van der Waals surface area (Å²) in [5, 5.41) is 9.15. The van der Waals surface area contributed by atoms with E-state index in [9.17, 15) is 12.8 Å². The van der Waals surface area contributed by atoms with Crippen LogP contribution in [0.4, 0.5) is 4.39 Å². The minimum absolute atomic E-state index is 0.138. The zero-order valence-electron chi connectivity index (χ0n) is 12.8. The Morgan fingerprint density at radius 1 is 1.39 bits per heavy atom. The molecule has 0 spiro atoms. The highest BCUT2D eigenvalue weighted by Crippen LogP contribution is 2.29. The number of hydrogen-bond acceptors (Lipinski definition) is 5. The third-order valence-corrected chi connectivity index (χ3v) is 6.37. The second-order valence-electron chi connectivity index (χ2n) is 5.90. The number of likely N-dealkylation sites (N-methyl/N-ethyl adjacent to an activating group) is 1. The van der Waals surface area contributed by atoms with E-state index in [-0.39, 0.29) is 29.1 Å². The first-order chi connectivity index (χ1) is 10.9. The van der Waals surface area contributed by atoms with E-state index in [0.29, 0.717) is 13.2 Å². The Bertz CT molecular complexity index is 747. The Kier molecular flexibility index (Phi) is 4.38. The van der Waals surface area contributed by atoms with Crippen molar-refractivity contribution in [2.45, 2.75) is 23.5 Å². The van der Waals surface area contributed by atoms with Gasteiger partial charge >= 0.3 is 0 Å². The molecule has 0 radical (unpaired) electrons. The Morgan fingerprint density at radius 3 is 2.91 bits per heavy atom. The molecule has 0 aliphatic carbocycles. The largest absolute Gasteiger partial charge is 0.375 e. The van der Waals surface area contributed by atoms with Gasteiger partial charge in [-0.25, -0.2) is 12.8 Å². The minimum atomic E-state index is -3.88. The standard InChI is InChI=1S/C15H18FN3O3S/c1-18-5-4-14-13(10-18)19(6-7-22-14)23(20,21)15-3-2-12(16)8-11(15)9-17/h2-3,8,13-14H,4-7,10H2,1H3/t13-,14+/m1/s1. The van der Waals surface area contributed by atoms with E-state index < -0.39 is 15.8 Å². The summed E-state index contributed by atoms with van der Waals surface area (Å²) in [7, 11) is -1.94. The second-order valence-corrected chi connectivity index (χ2v) is 7.75.